The van der Waals surface area contributed by atoms with Crippen LogP contribution in [0.25, 0.3) is 0 Å². The van der Waals surface area contributed by atoms with Crippen molar-refractivity contribution in [1.29, 1.82) is 0 Å². The minimum atomic E-state index is -0.770. The van der Waals surface area contributed by atoms with E-state index in [2.05, 4.69) is 13.8 Å². The average Bonchev–Trinajstić information content (AvgIpc) is 2.62. The second-order valence-corrected chi connectivity index (χ2v) is 7.80. The summed E-state index contributed by atoms with van der Waals surface area (Å²) < 4.78 is 0. The fourth-order valence-corrected chi connectivity index (χ4v) is 3.66. The highest BCUT2D eigenvalue weighted by Gasteiger charge is 2.40. The summed E-state index contributed by atoms with van der Waals surface area (Å²) >= 11 is 0. The number of amides is 2. The third-order valence-electron chi connectivity index (χ3n) is 5.66. The summed E-state index contributed by atoms with van der Waals surface area (Å²) in [6.45, 7) is 4.37. The van der Waals surface area contributed by atoms with Crippen molar-refractivity contribution in [2.45, 2.75) is 90.9 Å². The Morgan fingerprint density at radius 1 is 0.615 bits per heavy atom. The zero-order chi connectivity index (χ0) is 19.5. The molecule has 0 unspecified atom stereocenters. The first kappa shape index (κ1) is 22.5. The Morgan fingerprint density at radius 3 is 1.19 bits per heavy atom. The van der Waals surface area contributed by atoms with Crippen molar-refractivity contribution in [2.24, 2.45) is 22.3 Å². The van der Waals surface area contributed by atoms with Crippen molar-refractivity contribution in [3.8, 4) is 0 Å². The van der Waals surface area contributed by atoms with Crippen molar-refractivity contribution < 1.29 is 9.59 Å². The van der Waals surface area contributed by atoms with Gasteiger partial charge in [-0.05, 0) is 12.8 Å². The van der Waals surface area contributed by atoms with E-state index in [0.717, 1.165) is 25.7 Å². The molecule has 0 fully saturated rings. The molecule has 0 aliphatic heterocycles. The van der Waals surface area contributed by atoms with E-state index in [1.165, 1.54) is 38.5 Å². The summed E-state index contributed by atoms with van der Waals surface area (Å²) in [5.41, 5.74) is 9.87. The first-order valence-corrected chi connectivity index (χ1v) is 10.4. The van der Waals surface area contributed by atoms with Crippen LogP contribution < -0.4 is 11.5 Å². The van der Waals surface area contributed by atoms with Gasteiger partial charge in [0, 0.05) is 0 Å². The zero-order valence-corrected chi connectivity index (χ0v) is 16.8. The van der Waals surface area contributed by atoms with Crippen LogP contribution in [0.2, 0.25) is 0 Å². The molecule has 2 amide bonds. The van der Waals surface area contributed by atoms with Crippen LogP contribution in [0.3, 0.4) is 0 Å². The van der Waals surface area contributed by atoms with Gasteiger partial charge in [0.05, 0.1) is 10.8 Å². The van der Waals surface area contributed by atoms with Gasteiger partial charge in [0.2, 0.25) is 11.8 Å². The Morgan fingerprint density at radius 2 is 0.923 bits per heavy atom. The third kappa shape index (κ3) is 6.30. The molecule has 1 aliphatic rings. The standard InChI is InChI=1S/C22H38N2O2/c1-3-5-7-9-11-13-21(19(23)25)15-17-22(18-16-21,20(24)26)14-12-10-8-6-4-2/h15-18H,3-14H2,1-2H3,(H2,23,25)(H2,24,26). The maximum absolute atomic E-state index is 12.1. The molecule has 0 aromatic rings. The van der Waals surface area contributed by atoms with E-state index in [-0.39, 0.29) is 11.8 Å². The molecule has 0 bridgehead atoms. The molecule has 0 atom stereocenters. The first-order valence-electron chi connectivity index (χ1n) is 10.4. The number of unbranched alkanes of at least 4 members (excludes halogenated alkanes) is 8. The van der Waals surface area contributed by atoms with E-state index >= 15 is 0 Å². The maximum atomic E-state index is 12.1. The molecule has 0 heterocycles. The van der Waals surface area contributed by atoms with Gasteiger partial charge in [-0.3, -0.25) is 9.59 Å². The summed E-state index contributed by atoms with van der Waals surface area (Å²) in [5.74, 6) is -0.692. The van der Waals surface area contributed by atoms with Gasteiger partial charge in [-0.1, -0.05) is 102 Å². The van der Waals surface area contributed by atoms with Crippen LogP contribution in [-0.2, 0) is 9.59 Å². The Balaban J connectivity index is 2.72. The predicted octanol–water partition coefficient (Wildman–Crippen LogP) is 4.78. The smallest absolute Gasteiger partial charge is 0.231 e. The monoisotopic (exact) mass is 362 g/mol. The predicted molar refractivity (Wildman–Crippen MR) is 108 cm³/mol. The molecule has 148 valence electrons. The van der Waals surface area contributed by atoms with Crippen LogP contribution in [0.15, 0.2) is 24.3 Å². The van der Waals surface area contributed by atoms with Gasteiger partial charge in [-0.25, -0.2) is 0 Å². The molecule has 0 saturated carbocycles. The number of rotatable bonds is 14. The second-order valence-electron chi connectivity index (χ2n) is 7.80. The molecule has 1 rings (SSSR count). The Kier molecular flexibility index (Phi) is 9.68. The number of nitrogens with two attached hydrogens (primary N) is 2. The fourth-order valence-electron chi connectivity index (χ4n) is 3.66. The molecule has 26 heavy (non-hydrogen) atoms. The summed E-state index contributed by atoms with van der Waals surface area (Å²) in [7, 11) is 0. The molecule has 0 aromatic heterocycles. The number of hydrogen-bond donors (Lipinski definition) is 2. The van der Waals surface area contributed by atoms with Gasteiger partial charge in [0.25, 0.3) is 0 Å². The Bertz CT molecular complexity index is 450. The zero-order valence-electron chi connectivity index (χ0n) is 16.8. The van der Waals surface area contributed by atoms with Gasteiger partial charge < -0.3 is 11.5 Å². The summed E-state index contributed by atoms with van der Waals surface area (Å²) in [6, 6.07) is 0. The molecule has 4 heteroatoms. The molecule has 1 aliphatic carbocycles. The normalized spacial score (nSPS) is 24.7. The number of primary amides is 2. The lowest BCUT2D eigenvalue weighted by Crippen LogP contribution is -2.40. The molecular weight excluding hydrogens is 324 g/mol. The molecular formula is C22H38N2O2. The topological polar surface area (TPSA) is 86.2 Å². The minimum absolute atomic E-state index is 0.346. The van der Waals surface area contributed by atoms with Crippen LogP contribution >= 0.6 is 0 Å². The minimum Gasteiger partial charge on any atom is -0.369 e. The van der Waals surface area contributed by atoms with E-state index in [0.29, 0.717) is 12.8 Å². The van der Waals surface area contributed by atoms with Gasteiger partial charge >= 0.3 is 0 Å². The van der Waals surface area contributed by atoms with Crippen LogP contribution in [0.1, 0.15) is 90.9 Å². The third-order valence-corrected chi connectivity index (χ3v) is 5.66. The molecule has 0 saturated heterocycles. The van der Waals surface area contributed by atoms with Crippen LogP contribution in [-0.4, -0.2) is 11.8 Å². The van der Waals surface area contributed by atoms with Crippen molar-refractivity contribution in [2.75, 3.05) is 0 Å². The number of carbonyl (C=O) groups excluding carboxylic acids is 2. The number of carbonyl (C=O) groups is 2. The summed E-state index contributed by atoms with van der Waals surface area (Å²) in [5, 5.41) is 0. The highest BCUT2D eigenvalue weighted by atomic mass is 16.1. The summed E-state index contributed by atoms with van der Waals surface area (Å²) in [6.07, 6.45) is 20.1. The lowest BCUT2D eigenvalue weighted by molar-refractivity contribution is -0.125. The summed E-state index contributed by atoms with van der Waals surface area (Å²) in [4.78, 5) is 24.2. The fraction of sp³-hybridized carbons (Fsp3) is 0.727. The maximum Gasteiger partial charge on any atom is 0.231 e. The van der Waals surface area contributed by atoms with Gasteiger partial charge in [-0.15, -0.1) is 0 Å². The van der Waals surface area contributed by atoms with E-state index < -0.39 is 10.8 Å². The second kappa shape index (κ2) is 11.2. The van der Waals surface area contributed by atoms with E-state index in [1.807, 2.05) is 24.3 Å². The molecule has 0 aromatic carbocycles. The van der Waals surface area contributed by atoms with E-state index in [9.17, 15) is 9.59 Å². The van der Waals surface area contributed by atoms with Crippen LogP contribution in [0.4, 0.5) is 0 Å². The highest BCUT2D eigenvalue weighted by Crippen LogP contribution is 2.40. The van der Waals surface area contributed by atoms with Gasteiger partial charge in [-0.2, -0.15) is 0 Å². The highest BCUT2D eigenvalue weighted by molar-refractivity contribution is 5.89. The van der Waals surface area contributed by atoms with Crippen molar-refractivity contribution in [3.05, 3.63) is 24.3 Å². The molecule has 0 radical (unpaired) electrons. The van der Waals surface area contributed by atoms with Crippen LogP contribution in [0, 0.1) is 10.8 Å². The van der Waals surface area contributed by atoms with Crippen LogP contribution in [0.5, 0.6) is 0 Å². The van der Waals surface area contributed by atoms with Crippen molar-refractivity contribution in [1.82, 2.24) is 0 Å². The lowest BCUT2D eigenvalue weighted by atomic mass is 9.70. The SMILES string of the molecule is CCCCCCCC1(C(N)=O)C=CC(CCCCCCC)(C(N)=O)C=C1. The quantitative estimate of drug-likeness (QED) is 0.344. The Labute approximate surface area is 159 Å². The Hall–Kier alpha value is -1.58. The average molecular weight is 363 g/mol. The number of hydrogen-bond acceptors (Lipinski definition) is 2. The first-order chi connectivity index (χ1) is 12.4. The van der Waals surface area contributed by atoms with Crippen molar-refractivity contribution in [3.63, 3.8) is 0 Å². The lowest BCUT2D eigenvalue weighted by Gasteiger charge is -2.33. The van der Waals surface area contributed by atoms with Gasteiger partial charge in [0.1, 0.15) is 0 Å². The van der Waals surface area contributed by atoms with E-state index in [1.54, 1.807) is 0 Å². The molecule has 0 spiro atoms. The van der Waals surface area contributed by atoms with E-state index in [4.69, 9.17) is 11.5 Å². The van der Waals surface area contributed by atoms with Crippen molar-refractivity contribution >= 4 is 11.8 Å². The molecule has 4 nitrogen and oxygen atoms in total. The largest absolute Gasteiger partial charge is 0.369 e. The van der Waals surface area contributed by atoms with Gasteiger partial charge in [0.15, 0.2) is 0 Å². The molecule has 4 N–H and O–H groups in total.